The average molecular weight is 495 g/mol. The normalized spacial score (nSPS) is 10.5. The van der Waals surface area contributed by atoms with E-state index in [1.807, 2.05) is 30.3 Å². The second-order valence-electron chi connectivity index (χ2n) is 7.43. The maximum absolute atomic E-state index is 2.99. The van der Waals surface area contributed by atoms with Crippen LogP contribution < -0.4 is 17.6 Å². The summed E-state index contributed by atoms with van der Waals surface area (Å²) in [5.74, 6) is 0. The molecule has 31 heavy (non-hydrogen) atoms. The van der Waals surface area contributed by atoms with Gasteiger partial charge in [0.05, 0.1) is 0 Å². The predicted molar refractivity (Wildman–Crippen MR) is 132 cm³/mol. The first-order valence-electron chi connectivity index (χ1n) is 10.4. The number of hydrogen-bond donors (Lipinski definition) is 0. The van der Waals surface area contributed by atoms with Gasteiger partial charge >= 0.3 is 174 Å². The summed E-state index contributed by atoms with van der Waals surface area (Å²) in [6.45, 7) is 2.25. The van der Waals surface area contributed by atoms with Gasteiger partial charge in [0.15, 0.2) is 0 Å². The van der Waals surface area contributed by atoms with Gasteiger partial charge in [-0.1, -0.05) is 0 Å². The number of benzene rings is 3. The molecule has 0 aliphatic carbocycles. The molecular weight excluding hydrogens is 469 g/mol. The Morgan fingerprint density at radius 2 is 0.968 bits per heavy atom. The first-order chi connectivity index (χ1) is 14.8. The quantitative estimate of drug-likeness (QED) is 0.255. The second-order valence-corrected chi connectivity index (χ2v) is 15.3. The summed E-state index contributed by atoms with van der Waals surface area (Å²) in [7, 11) is 0. The summed E-state index contributed by atoms with van der Waals surface area (Å²) in [5, 5.41) is 0. The smallest absolute Gasteiger partial charge is 0.214 e. The number of rotatable bonds is 4. The molecule has 0 saturated heterocycles. The van der Waals surface area contributed by atoms with E-state index in [2.05, 4.69) is 116 Å². The Kier molecular flexibility index (Phi) is 8.48. The van der Waals surface area contributed by atoms with E-state index in [0.717, 1.165) is 0 Å². The average Bonchev–Trinajstić information content (AvgIpc) is 3.53. The van der Waals surface area contributed by atoms with Crippen molar-refractivity contribution in [2.24, 2.45) is 0 Å². The van der Waals surface area contributed by atoms with Crippen molar-refractivity contribution >= 4 is 30.8 Å². The van der Waals surface area contributed by atoms with Crippen LogP contribution in [0.4, 0.5) is 0 Å². The van der Waals surface area contributed by atoms with Crippen molar-refractivity contribution in [3.8, 4) is 0 Å². The molecule has 2 heteroatoms. The van der Waals surface area contributed by atoms with E-state index >= 15 is 0 Å². The molecule has 0 aromatic heterocycles. The van der Waals surface area contributed by atoms with Crippen molar-refractivity contribution in [2.45, 2.75) is 6.92 Å². The van der Waals surface area contributed by atoms with Crippen LogP contribution in [-0.4, -0.2) is 13.3 Å². The van der Waals surface area contributed by atoms with Crippen LogP contribution in [0.25, 0.3) is 0 Å². The Hall–Kier alpha value is -2.38. The van der Waals surface area contributed by atoms with Gasteiger partial charge < -0.3 is 0 Å². The maximum atomic E-state index is 2.35. The molecule has 5 rings (SSSR count). The van der Waals surface area contributed by atoms with Crippen LogP contribution in [0.5, 0.6) is 0 Å². The molecule has 0 atom stereocenters. The molecule has 0 saturated carbocycles. The molecule has 0 unspecified atom stereocenters. The van der Waals surface area contributed by atoms with E-state index in [9.17, 15) is 0 Å². The van der Waals surface area contributed by atoms with Gasteiger partial charge in [-0.25, -0.2) is 12.1 Å². The summed E-state index contributed by atoms with van der Waals surface area (Å²) in [6, 6.07) is 50.2. The monoisotopic (exact) mass is 496 g/mol. The Morgan fingerprint density at radius 3 is 1.26 bits per heavy atom. The summed E-state index contributed by atoms with van der Waals surface area (Å²) < 4.78 is 5.97. The molecule has 0 nitrogen and oxygen atoms in total. The zero-order valence-corrected chi connectivity index (χ0v) is 21.4. The summed E-state index contributed by atoms with van der Waals surface area (Å²) in [5.41, 5.74) is 1.40. The minimum atomic E-state index is -2.99. The van der Waals surface area contributed by atoms with Crippen LogP contribution in [0.3, 0.4) is 0 Å². The Balaban J connectivity index is 0.000000401. The predicted octanol–water partition coefficient (Wildman–Crippen LogP) is 4.49. The van der Waals surface area contributed by atoms with Crippen molar-refractivity contribution in [1.82, 2.24) is 0 Å². The minimum absolute atomic E-state index is 0. The standard InChI is InChI=1S/C24H21Ge.C5H5.Ti/c1-20-12-11-19-24(20)25(21-13-5-2-6-14-21,22-15-7-3-8-16-22)23-17-9-4-10-18-23;1-2-4-5-3-1;/h2-19H,1H3;1-5H;/q2*-1;+2. The Bertz CT molecular complexity index is 1010. The van der Waals surface area contributed by atoms with Gasteiger partial charge in [-0.3, -0.25) is 0 Å². The van der Waals surface area contributed by atoms with Gasteiger partial charge in [-0.2, -0.15) is 18.2 Å². The third-order valence-electron chi connectivity index (χ3n) is 5.61. The molecule has 0 amide bonds. The zero-order chi connectivity index (χ0) is 20.7. The fourth-order valence-corrected chi connectivity index (χ4v) is 14.8. The summed E-state index contributed by atoms with van der Waals surface area (Å²) >= 11 is -2.99. The van der Waals surface area contributed by atoms with E-state index < -0.39 is 13.3 Å². The van der Waals surface area contributed by atoms with Crippen LogP contribution in [-0.2, 0) is 21.7 Å². The van der Waals surface area contributed by atoms with Crippen LogP contribution >= 0.6 is 0 Å². The summed E-state index contributed by atoms with van der Waals surface area (Å²) in [6.07, 6.45) is 0. The molecule has 0 heterocycles. The van der Waals surface area contributed by atoms with Gasteiger partial charge in [0, 0.05) is 0 Å². The zero-order valence-electron chi connectivity index (χ0n) is 17.8. The fraction of sp³-hybridized carbons (Fsp3) is 0.0345. The third-order valence-corrected chi connectivity index (χ3v) is 16.0. The Labute approximate surface area is 203 Å². The first kappa shape index (κ1) is 23.3. The van der Waals surface area contributed by atoms with Crippen molar-refractivity contribution in [2.75, 3.05) is 0 Å². The van der Waals surface area contributed by atoms with Gasteiger partial charge in [-0.05, 0) is 0 Å². The van der Waals surface area contributed by atoms with Crippen LogP contribution in [0, 0.1) is 6.92 Å². The van der Waals surface area contributed by atoms with Crippen molar-refractivity contribution < 1.29 is 21.7 Å². The van der Waals surface area contributed by atoms with Crippen LogP contribution in [0.15, 0.2) is 140 Å². The van der Waals surface area contributed by atoms with Gasteiger partial charge in [0.2, 0.25) is 0 Å². The number of aryl methyl sites for hydroxylation is 1. The van der Waals surface area contributed by atoms with Gasteiger partial charge in [0.25, 0.3) is 0 Å². The van der Waals surface area contributed by atoms with Gasteiger partial charge in [0.1, 0.15) is 0 Å². The Morgan fingerprint density at radius 1 is 0.548 bits per heavy atom. The fourth-order valence-electron chi connectivity index (χ4n) is 4.28. The molecule has 150 valence electrons. The molecule has 0 fully saturated rings. The van der Waals surface area contributed by atoms with Crippen LogP contribution in [0.1, 0.15) is 5.56 Å². The topological polar surface area (TPSA) is 0 Å². The first-order valence-corrected chi connectivity index (χ1v) is 14.6. The summed E-state index contributed by atoms with van der Waals surface area (Å²) in [4.78, 5) is 0. The molecule has 0 spiro atoms. The number of hydrogen-bond acceptors (Lipinski definition) is 0. The maximum Gasteiger partial charge on any atom is 2.00 e. The molecule has 0 aliphatic heterocycles. The second kappa shape index (κ2) is 11.3. The third kappa shape index (κ3) is 4.93. The molecule has 5 aromatic rings. The molecule has 5 aromatic carbocycles. The molecule has 0 bridgehead atoms. The minimum Gasteiger partial charge on any atom is -0.214 e. The van der Waals surface area contributed by atoms with E-state index in [1.165, 1.54) is 23.1 Å². The van der Waals surface area contributed by atoms with E-state index in [-0.39, 0.29) is 21.7 Å². The molecule has 0 N–H and O–H groups in total. The largest absolute Gasteiger partial charge is 2.00 e. The van der Waals surface area contributed by atoms with Crippen LogP contribution in [0.2, 0.25) is 0 Å². The van der Waals surface area contributed by atoms with Gasteiger partial charge in [-0.15, -0.1) is 0 Å². The molecule has 0 aliphatic rings. The van der Waals surface area contributed by atoms with Crippen molar-refractivity contribution in [3.63, 3.8) is 0 Å². The molecular formula is C29H26GeTi. The van der Waals surface area contributed by atoms with E-state index in [4.69, 9.17) is 0 Å². The van der Waals surface area contributed by atoms with E-state index in [1.54, 1.807) is 0 Å². The molecule has 0 radical (unpaired) electrons. The SMILES string of the molecule is Cc1ccc[c-]1[Ge]([c]1ccccc1)([c]1ccccc1)[c]1ccccc1.[Ti+2].c1cc[cH-]c1. The van der Waals surface area contributed by atoms with E-state index in [0.29, 0.717) is 0 Å². The van der Waals surface area contributed by atoms with Crippen molar-refractivity contribution in [3.05, 3.63) is 145 Å². The van der Waals surface area contributed by atoms with Crippen molar-refractivity contribution in [1.29, 1.82) is 0 Å².